The summed E-state index contributed by atoms with van der Waals surface area (Å²) in [7, 11) is 5.58. The molecule has 3 aromatic rings. The van der Waals surface area contributed by atoms with Crippen molar-refractivity contribution in [3.8, 4) is 0 Å². The molecule has 0 spiro atoms. The van der Waals surface area contributed by atoms with Gasteiger partial charge in [-0.05, 0) is 62.7 Å². The first kappa shape index (κ1) is 21.3. The number of likely N-dealkylation sites (N-methyl/N-ethyl adjacent to an activating group) is 1. The summed E-state index contributed by atoms with van der Waals surface area (Å²) in [6, 6.07) is 13.4. The highest BCUT2D eigenvalue weighted by Gasteiger charge is 2.12. The predicted molar refractivity (Wildman–Crippen MR) is 119 cm³/mol. The van der Waals surface area contributed by atoms with Crippen LogP contribution in [0.1, 0.15) is 35.2 Å². The molecule has 154 valence electrons. The van der Waals surface area contributed by atoms with E-state index in [2.05, 4.69) is 18.0 Å². The minimum Gasteiger partial charge on any atom is -0.306 e. The van der Waals surface area contributed by atoms with Crippen LogP contribution in [0.2, 0.25) is 5.02 Å². The van der Waals surface area contributed by atoms with E-state index in [9.17, 15) is 9.59 Å². The summed E-state index contributed by atoms with van der Waals surface area (Å²) in [6.07, 6.45) is 3.26. The maximum atomic E-state index is 12.6. The van der Waals surface area contributed by atoms with E-state index in [1.165, 1.54) is 5.56 Å². The van der Waals surface area contributed by atoms with E-state index in [0.29, 0.717) is 12.0 Å². The average Bonchev–Trinajstić information content (AvgIpc) is 2.94. The zero-order valence-electron chi connectivity index (χ0n) is 17.3. The average molecular weight is 414 g/mol. The van der Waals surface area contributed by atoms with E-state index < -0.39 is 0 Å². The third kappa shape index (κ3) is 4.98. The second kappa shape index (κ2) is 9.42. The molecular formula is C23H28ClN3O2. The lowest BCUT2D eigenvalue weighted by Gasteiger charge is -2.16. The molecule has 3 rings (SSSR count). The molecule has 2 aromatic carbocycles. The Kier molecular flexibility index (Phi) is 6.93. The van der Waals surface area contributed by atoms with E-state index in [4.69, 9.17) is 11.6 Å². The van der Waals surface area contributed by atoms with Crippen LogP contribution >= 0.6 is 11.6 Å². The van der Waals surface area contributed by atoms with Gasteiger partial charge in [0.05, 0.1) is 11.0 Å². The van der Waals surface area contributed by atoms with Crippen molar-refractivity contribution in [1.29, 1.82) is 0 Å². The van der Waals surface area contributed by atoms with E-state index in [1.54, 1.807) is 23.2 Å². The van der Waals surface area contributed by atoms with Gasteiger partial charge in [0.1, 0.15) is 0 Å². The number of hydrogen-bond acceptors (Lipinski definition) is 3. The number of aromatic nitrogens is 2. The van der Waals surface area contributed by atoms with Crippen LogP contribution in [0, 0.1) is 0 Å². The zero-order valence-corrected chi connectivity index (χ0v) is 18.1. The highest BCUT2D eigenvalue weighted by molar-refractivity contribution is 6.31. The summed E-state index contributed by atoms with van der Waals surface area (Å²) >= 11 is 6.21. The van der Waals surface area contributed by atoms with Gasteiger partial charge in [-0.2, -0.15) is 0 Å². The van der Waals surface area contributed by atoms with Gasteiger partial charge in [0, 0.05) is 37.6 Å². The van der Waals surface area contributed by atoms with Crippen molar-refractivity contribution in [2.45, 2.75) is 25.7 Å². The maximum Gasteiger partial charge on any atom is 0.328 e. The van der Waals surface area contributed by atoms with E-state index >= 15 is 0 Å². The number of aryl methyl sites for hydroxylation is 2. The number of nitrogens with zero attached hydrogens (tertiary/aromatic N) is 3. The summed E-state index contributed by atoms with van der Waals surface area (Å²) in [5, 5.41) is 0.819. The van der Waals surface area contributed by atoms with Crippen LogP contribution in [0.4, 0.5) is 0 Å². The number of fused-ring (bicyclic) bond motifs is 1. The van der Waals surface area contributed by atoms with Crippen LogP contribution in [-0.2, 0) is 20.5 Å². The van der Waals surface area contributed by atoms with E-state index in [1.807, 2.05) is 36.4 Å². The van der Waals surface area contributed by atoms with Gasteiger partial charge in [-0.15, -0.1) is 0 Å². The topological polar surface area (TPSA) is 47.2 Å². The number of ketones is 1. The first-order chi connectivity index (χ1) is 13.9. The number of halogens is 1. The summed E-state index contributed by atoms with van der Waals surface area (Å²) in [4.78, 5) is 26.9. The van der Waals surface area contributed by atoms with Crippen LogP contribution in [0.15, 0.2) is 47.3 Å². The first-order valence-corrected chi connectivity index (χ1v) is 10.4. The molecule has 0 atom stereocenters. The van der Waals surface area contributed by atoms with Crippen molar-refractivity contribution in [2.75, 3.05) is 20.1 Å². The molecule has 0 amide bonds. The number of rotatable bonds is 9. The molecule has 0 radical (unpaired) electrons. The highest BCUT2D eigenvalue weighted by Crippen LogP contribution is 2.17. The fraction of sp³-hybridized carbons (Fsp3) is 0.391. The Balaban J connectivity index is 1.46. The number of Topliss-reactive ketones (excluding diaryl/α,β-unsaturated/α-hetero) is 1. The molecule has 0 N–H and O–H groups in total. The Labute approximate surface area is 176 Å². The van der Waals surface area contributed by atoms with E-state index in [-0.39, 0.29) is 11.5 Å². The summed E-state index contributed by atoms with van der Waals surface area (Å²) in [5.41, 5.74) is 3.40. The number of unbranched alkanes of at least 4 members (excludes halogenated alkanes) is 1. The normalized spacial score (nSPS) is 11.5. The molecule has 1 heterocycles. The molecule has 0 aliphatic carbocycles. The number of carbonyl (C=O) groups excluding carboxylic acids is 1. The van der Waals surface area contributed by atoms with Crippen molar-refractivity contribution in [3.05, 3.63) is 69.1 Å². The van der Waals surface area contributed by atoms with Crippen LogP contribution < -0.4 is 5.69 Å². The van der Waals surface area contributed by atoms with Gasteiger partial charge >= 0.3 is 5.69 Å². The van der Waals surface area contributed by atoms with Crippen molar-refractivity contribution in [3.63, 3.8) is 0 Å². The molecule has 0 aliphatic heterocycles. The van der Waals surface area contributed by atoms with Crippen molar-refractivity contribution in [2.24, 2.45) is 14.1 Å². The molecule has 5 nitrogen and oxygen atoms in total. The molecule has 0 aliphatic rings. The van der Waals surface area contributed by atoms with Gasteiger partial charge in [-0.25, -0.2) is 4.79 Å². The number of hydrogen-bond donors (Lipinski definition) is 0. The van der Waals surface area contributed by atoms with Gasteiger partial charge in [-0.3, -0.25) is 13.9 Å². The van der Waals surface area contributed by atoms with Crippen LogP contribution in [0.3, 0.4) is 0 Å². The lowest BCUT2D eigenvalue weighted by atomic mass is 10.0. The monoisotopic (exact) mass is 413 g/mol. The Hall–Kier alpha value is -2.37. The lowest BCUT2D eigenvalue weighted by Crippen LogP contribution is -2.22. The van der Waals surface area contributed by atoms with Crippen LogP contribution in [0.25, 0.3) is 11.0 Å². The second-order valence-corrected chi connectivity index (χ2v) is 8.04. The van der Waals surface area contributed by atoms with Crippen molar-refractivity contribution < 1.29 is 4.79 Å². The molecule has 0 saturated heterocycles. The Morgan fingerprint density at radius 3 is 2.48 bits per heavy atom. The number of imidazole rings is 1. The van der Waals surface area contributed by atoms with E-state index in [0.717, 1.165) is 48.4 Å². The number of benzene rings is 2. The van der Waals surface area contributed by atoms with Gasteiger partial charge < -0.3 is 4.90 Å². The lowest BCUT2D eigenvalue weighted by molar-refractivity contribution is 0.0978. The van der Waals surface area contributed by atoms with Crippen LogP contribution in [-0.4, -0.2) is 40.0 Å². The molecule has 0 unspecified atom stereocenters. The predicted octanol–water partition coefficient (Wildman–Crippen LogP) is 4.06. The first-order valence-electron chi connectivity index (χ1n) is 9.99. The van der Waals surface area contributed by atoms with Crippen LogP contribution in [0.5, 0.6) is 0 Å². The summed E-state index contributed by atoms with van der Waals surface area (Å²) < 4.78 is 3.18. The zero-order chi connectivity index (χ0) is 21.0. The molecule has 0 bridgehead atoms. The molecule has 0 saturated carbocycles. The fourth-order valence-corrected chi connectivity index (χ4v) is 3.85. The van der Waals surface area contributed by atoms with Crippen molar-refractivity contribution in [1.82, 2.24) is 14.0 Å². The molecule has 1 aromatic heterocycles. The molecule has 6 heteroatoms. The minimum absolute atomic E-state index is 0.0792. The number of carbonyl (C=O) groups is 1. The fourth-order valence-electron chi connectivity index (χ4n) is 3.62. The summed E-state index contributed by atoms with van der Waals surface area (Å²) in [6.45, 7) is 1.89. The van der Waals surface area contributed by atoms with Gasteiger partial charge in [0.25, 0.3) is 0 Å². The Bertz CT molecular complexity index is 1070. The quantitative estimate of drug-likeness (QED) is 0.392. The SMILES string of the molecule is CN(CCCCC(=O)c1ccc2c(c1)n(C)c(=O)n2C)CCc1ccccc1Cl. The second-order valence-electron chi connectivity index (χ2n) is 7.63. The third-order valence-electron chi connectivity index (χ3n) is 5.51. The summed E-state index contributed by atoms with van der Waals surface area (Å²) in [5.74, 6) is 0.127. The molecule has 0 fully saturated rings. The molecule has 29 heavy (non-hydrogen) atoms. The standard InChI is InChI=1S/C23H28ClN3O2/c1-25(15-13-17-8-4-5-9-19(17)24)14-7-6-10-22(28)18-11-12-20-21(16-18)27(3)23(29)26(20)2/h4-5,8-9,11-12,16H,6-7,10,13-15H2,1-3H3. The van der Waals surface area contributed by atoms with Gasteiger partial charge in [-0.1, -0.05) is 29.8 Å². The highest BCUT2D eigenvalue weighted by atomic mass is 35.5. The smallest absolute Gasteiger partial charge is 0.306 e. The maximum absolute atomic E-state index is 12.6. The van der Waals surface area contributed by atoms with Gasteiger partial charge in [0.15, 0.2) is 5.78 Å². The van der Waals surface area contributed by atoms with Gasteiger partial charge in [0.2, 0.25) is 0 Å². The Morgan fingerprint density at radius 1 is 1.00 bits per heavy atom. The molecular weight excluding hydrogens is 386 g/mol. The Morgan fingerprint density at radius 2 is 1.72 bits per heavy atom. The third-order valence-corrected chi connectivity index (χ3v) is 5.88. The minimum atomic E-state index is -0.0792. The van der Waals surface area contributed by atoms with Crippen molar-refractivity contribution >= 4 is 28.4 Å². The largest absolute Gasteiger partial charge is 0.328 e.